The van der Waals surface area contributed by atoms with E-state index in [1.165, 1.54) is 5.56 Å². The van der Waals surface area contributed by atoms with Crippen LogP contribution in [-0.4, -0.2) is 50.1 Å². The Hall–Kier alpha value is -2.24. The maximum atomic E-state index is 12.2. The number of rotatable bonds is 7. The number of amides is 1. The van der Waals surface area contributed by atoms with Gasteiger partial charge in [0.05, 0.1) is 10.7 Å². The third kappa shape index (κ3) is 5.40. The van der Waals surface area contributed by atoms with E-state index in [0.717, 1.165) is 44.8 Å². The van der Waals surface area contributed by atoms with Gasteiger partial charge in [-0.1, -0.05) is 37.6 Å². The third-order valence-corrected chi connectivity index (χ3v) is 5.40. The molecule has 0 aromatic heterocycles. The van der Waals surface area contributed by atoms with Gasteiger partial charge in [0.1, 0.15) is 5.75 Å². The van der Waals surface area contributed by atoms with Gasteiger partial charge in [-0.05, 0) is 48.9 Å². The number of nitrogens with one attached hydrogen (secondary N) is 1. The van der Waals surface area contributed by atoms with Gasteiger partial charge in [0.15, 0.2) is 6.61 Å². The molecule has 1 aliphatic rings. The number of anilines is 2. The highest BCUT2D eigenvalue weighted by atomic mass is 35.5. The predicted molar refractivity (Wildman–Crippen MR) is 116 cm³/mol. The second kappa shape index (κ2) is 9.80. The number of carbonyl (C=O) groups excluding carboxylic acids is 1. The number of aryl methyl sites for hydroxylation is 1. The van der Waals surface area contributed by atoms with Crippen LogP contribution in [0.25, 0.3) is 0 Å². The molecule has 0 spiro atoms. The molecule has 6 heteroatoms. The Morgan fingerprint density at radius 1 is 1.07 bits per heavy atom. The van der Waals surface area contributed by atoms with E-state index in [-0.39, 0.29) is 12.5 Å². The van der Waals surface area contributed by atoms with Gasteiger partial charge < -0.3 is 19.9 Å². The second-order valence-electron chi connectivity index (χ2n) is 6.92. The van der Waals surface area contributed by atoms with Crippen molar-refractivity contribution in [3.63, 3.8) is 0 Å². The van der Waals surface area contributed by atoms with Gasteiger partial charge in [-0.2, -0.15) is 0 Å². The van der Waals surface area contributed by atoms with Gasteiger partial charge in [-0.15, -0.1) is 0 Å². The van der Waals surface area contributed by atoms with Crippen molar-refractivity contribution in [1.82, 2.24) is 4.90 Å². The zero-order valence-corrected chi connectivity index (χ0v) is 17.3. The largest absolute Gasteiger partial charge is 0.484 e. The normalized spacial score (nSPS) is 14.8. The minimum atomic E-state index is -0.208. The third-order valence-electron chi connectivity index (χ3n) is 5.09. The molecular weight excluding hydrogens is 374 g/mol. The van der Waals surface area contributed by atoms with E-state index in [1.54, 1.807) is 6.07 Å². The molecule has 1 fully saturated rings. The van der Waals surface area contributed by atoms with Crippen LogP contribution in [0, 0.1) is 0 Å². The number of hydrogen-bond donors (Lipinski definition) is 1. The van der Waals surface area contributed by atoms with Crippen LogP contribution in [0.4, 0.5) is 11.4 Å². The summed E-state index contributed by atoms with van der Waals surface area (Å²) >= 11 is 6.48. The maximum Gasteiger partial charge on any atom is 0.262 e. The highest BCUT2D eigenvalue weighted by Crippen LogP contribution is 2.29. The molecule has 5 nitrogen and oxygen atoms in total. The smallest absolute Gasteiger partial charge is 0.262 e. The molecule has 1 saturated heterocycles. The Morgan fingerprint density at radius 2 is 1.79 bits per heavy atom. The van der Waals surface area contributed by atoms with Crippen LogP contribution in [-0.2, 0) is 11.2 Å². The molecule has 1 amide bonds. The number of nitrogens with zero attached hydrogens (tertiary/aromatic N) is 2. The van der Waals surface area contributed by atoms with Gasteiger partial charge in [0.2, 0.25) is 0 Å². The van der Waals surface area contributed by atoms with Crippen LogP contribution in [0.2, 0.25) is 5.02 Å². The monoisotopic (exact) mass is 401 g/mol. The van der Waals surface area contributed by atoms with Crippen LogP contribution in [0.5, 0.6) is 5.75 Å². The fourth-order valence-electron chi connectivity index (χ4n) is 3.31. The van der Waals surface area contributed by atoms with E-state index in [9.17, 15) is 4.79 Å². The van der Waals surface area contributed by atoms with Gasteiger partial charge in [-0.25, -0.2) is 0 Å². The van der Waals surface area contributed by atoms with Crippen molar-refractivity contribution in [2.24, 2.45) is 0 Å². The Balaban J connectivity index is 1.52. The van der Waals surface area contributed by atoms with E-state index >= 15 is 0 Å². The number of piperazine rings is 1. The van der Waals surface area contributed by atoms with Crippen molar-refractivity contribution >= 4 is 28.9 Å². The summed E-state index contributed by atoms with van der Waals surface area (Å²) in [6.07, 6.45) is 0.978. The predicted octanol–water partition coefficient (Wildman–Crippen LogP) is 4.06. The Morgan fingerprint density at radius 3 is 2.39 bits per heavy atom. The summed E-state index contributed by atoms with van der Waals surface area (Å²) in [6, 6.07) is 13.5. The lowest BCUT2D eigenvalue weighted by Gasteiger charge is -2.36. The molecule has 0 atom stereocenters. The van der Waals surface area contributed by atoms with E-state index < -0.39 is 0 Å². The molecule has 0 aliphatic carbocycles. The van der Waals surface area contributed by atoms with Gasteiger partial charge in [-0.3, -0.25) is 4.79 Å². The standard InChI is InChI=1S/C22H28ClN3O2/c1-3-17-5-8-19(9-6-17)28-16-22(27)24-18-7-10-21(20(23)15-18)26-13-11-25(4-2)12-14-26/h5-10,15H,3-4,11-14,16H2,1-2H3,(H,24,27). The molecule has 2 aromatic carbocycles. The van der Waals surface area contributed by atoms with Crippen molar-refractivity contribution in [1.29, 1.82) is 0 Å². The minimum Gasteiger partial charge on any atom is -0.484 e. The topological polar surface area (TPSA) is 44.8 Å². The summed E-state index contributed by atoms with van der Waals surface area (Å²) in [5, 5.41) is 3.50. The molecular formula is C22H28ClN3O2. The quantitative estimate of drug-likeness (QED) is 0.759. The highest BCUT2D eigenvalue weighted by Gasteiger charge is 2.18. The van der Waals surface area contributed by atoms with Gasteiger partial charge >= 0.3 is 0 Å². The van der Waals surface area contributed by atoms with Gasteiger partial charge in [0, 0.05) is 31.9 Å². The summed E-state index contributed by atoms with van der Waals surface area (Å²) in [5.41, 5.74) is 2.93. The lowest BCUT2D eigenvalue weighted by atomic mass is 10.2. The van der Waals surface area contributed by atoms with Crippen LogP contribution in [0.15, 0.2) is 42.5 Å². The van der Waals surface area contributed by atoms with E-state index in [4.69, 9.17) is 16.3 Å². The molecule has 3 rings (SSSR count). The van der Waals surface area contributed by atoms with Crippen molar-refractivity contribution < 1.29 is 9.53 Å². The van der Waals surface area contributed by atoms with E-state index in [2.05, 4.69) is 29.0 Å². The Bertz CT molecular complexity index is 787. The number of likely N-dealkylation sites (N-methyl/N-ethyl adjacent to an activating group) is 1. The van der Waals surface area contributed by atoms with Crippen LogP contribution < -0.4 is 15.0 Å². The molecule has 1 heterocycles. The van der Waals surface area contributed by atoms with E-state index in [0.29, 0.717) is 16.5 Å². The van der Waals surface area contributed by atoms with E-state index in [1.807, 2.05) is 36.4 Å². The summed E-state index contributed by atoms with van der Waals surface area (Å²) in [5.74, 6) is 0.479. The zero-order chi connectivity index (χ0) is 19.9. The fourth-order valence-corrected chi connectivity index (χ4v) is 3.61. The zero-order valence-electron chi connectivity index (χ0n) is 16.6. The lowest BCUT2D eigenvalue weighted by Crippen LogP contribution is -2.46. The summed E-state index contributed by atoms with van der Waals surface area (Å²) in [7, 11) is 0. The van der Waals surface area contributed by atoms with Crippen LogP contribution in [0.1, 0.15) is 19.4 Å². The first-order valence-corrected chi connectivity index (χ1v) is 10.2. The Labute approximate surface area is 172 Å². The Kier molecular flexibility index (Phi) is 7.18. The molecule has 0 bridgehead atoms. The number of benzene rings is 2. The highest BCUT2D eigenvalue weighted by molar-refractivity contribution is 6.33. The molecule has 2 aromatic rings. The molecule has 0 unspecified atom stereocenters. The summed E-state index contributed by atoms with van der Waals surface area (Å²) < 4.78 is 5.55. The van der Waals surface area contributed by atoms with Crippen molar-refractivity contribution in [3.8, 4) is 5.75 Å². The van der Waals surface area contributed by atoms with Gasteiger partial charge in [0.25, 0.3) is 5.91 Å². The number of halogens is 1. The average Bonchev–Trinajstić information content (AvgIpc) is 2.73. The lowest BCUT2D eigenvalue weighted by molar-refractivity contribution is -0.118. The number of ether oxygens (including phenoxy) is 1. The summed E-state index contributed by atoms with van der Waals surface area (Å²) in [6.45, 7) is 9.34. The SMILES string of the molecule is CCc1ccc(OCC(=O)Nc2ccc(N3CCN(CC)CC3)c(Cl)c2)cc1. The second-order valence-corrected chi connectivity index (χ2v) is 7.33. The molecule has 150 valence electrons. The number of carbonyl (C=O) groups is 1. The summed E-state index contributed by atoms with van der Waals surface area (Å²) in [4.78, 5) is 16.9. The van der Waals surface area contributed by atoms with Crippen molar-refractivity contribution in [2.45, 2.75) is 20.3 Å². The fraction of sp³-hybridized carbons (Fsp3) is 0.409. The maximum absolute atomic E-state index is 12.2. The molecule has 28 heavy (non-hydrogen) atoms. The molecule has 0 radical (unpaired) electrons. The molecule has 1 aliphatic heterocycles. The first kappa shape index (κ1) is 20.5. The molecule has 1 N–H and O–H groups in total. The van der Waals surface area contributed by atoms with Crippen LogP contribution >= 0.6 is 11.6 Å². The minimum absolute atomic E-state index is 0.0379. The number of hydrogen-bond acceptors (Lipinski definition) is 4. The first-order valence-electron chi connectivity index (χ1n) is 9.87. The average molecular weight is 402 g/mol. The molecule has 0 saturated carbocycles. The van der Waals surface area contributed by atoms with Crippen LogP contribution in [0.3, 0.4) is 0 Å². The van der Waals surface area contributed by atoms with Crippen molar-refractivity contribution in [2.75, 3.05) is 49.5 Å². The van der Waals surface area contributed by atoms with Crippen molar-refractivity contribution in [3.05, 3.63) is 53.1 Å². The first-order chi connectivity index (χ1) is 13.6.